The molecular formula is C13H13ClN2O2S2. The van der Waals surface area contributed by atoms with Gasteiger partial charge < -0.3 is 9.64 Å². The highest BCUT2D eigenvalue weighted by molar-refractivity contribution is 7.18. The molecule has 2 heterocycles. The number of carbonyl (C=O) groups excluding carboxylic acids is 1. The number of esters is 1. The molecule has 0 bridgehead atoms. The van der Waals surface area contributed by atoms with Crippen LogP contribution in [0, 0.1) is 0 Å². The highest BCUT2D eigenvalue weighted by Crippen LogP contribution is 2.38. The van der Waals surface area contributed by atoms with Crippen LogP contribution in [0.4, 0.5) is 5.13 Å². The van der Waals surface area contributed by atoms with E-state index in [4.69, 9.17) is 16.3 Å². The first-order chi connectivity index (χ1) is 9.69. The number of rotatable bonds is 5. The van der Waals surface area contributed by atoms with Crippen LogP contribution < -0.4 is 4.90 Å². The molecule has 0 aromatic carbocycles. The van der Waals surface area contributed by atoms with Crippen LogP contribution in [0.3, 0.4) is 0 Å². The van der Waals surface area contributed by atoms with Crippen LogP contribution in [0.25, 0.3) is 0 Å². The van der Waals surface area contributed by atoms with Gasteiger partial charge in [-0.1, -0.05) is 29.0 Å². The zero-order chi connectivity index (χ0) is 14.1. The van der Waals surface area contributed by atoms with Crippen molar-refractivity contribution in [2.45, 2.75) is 25.4 Å². The van der Waals surface area contributed by atoms with E-state index in [-0.39, 0.29) is 5.15 Å². The van der Waals surface area contributed by atoms with Crippen molar-refractivity contribution >= 4 is 45.4 Å². The van der Waals surface area contributed by atoms with Gasteiger partial charge in [0.15, 0.2) is 15.2 Å². The molecule has 0 amide bonds. The van der Waals surface area contributed by atoms with Crippen molar-refractivity contribution in [2.75, 3.05) is 12.0 Å². The van der Waals surface area contributed by atoms with E-state index >= 15 is 0 Å². The van der Waals surface area contributed by atoms with Crippen molar-refractivity contribution in [3.63, 3.8) is 0 Å². The van der Waals surface area contributed by atoms with Crippen molar-refractivity contribution in [3.05, 3.63) is 32.4 Å². The number of hydrogen-bond acceptors (Lipinski definition) is 6. The summed E-state index contributed by atoms with van der Waals surface area (Å²) in [7, 11) is 1.35. The minimum Gasteiger partial charge on any atom is -0.465 e. The Kier molecular flexibility index (Phi) is 3.96. The molecule has 0 N–H and O–H groups in total. The minimum absolute atomic E-state index is 0.230. The van der Waals surface area contributed by atoms with Gasteiger partial charge in [0.25, 0.3) is 0 Å². The summed E-state index contributed by atoms with van der Waals surface area (Å²) in [6.45, 7) is 0.812. The summed E-state index contributed by atoms with van der Waals surface area (Å²) in [5.74, 6) is -0.425. The van der Waals surface area contributed by atoms with Crippen LogP contribution in [-0.4, -0.2) is 24.1 Å². The first-order valence-corrected chi connectivity index (χ1v) is 8.30. The molecule has 0 spiro atoms. The van der Waals surface area contributed by atoms with Gasteiger partial charge in [-0.15, -0.1) is 11.3 Å². The molecule has 3 rings (SSSR count). The van der Waals surface area contributed by atoms with Gasteiger partial charge in [-0.05, 0) is 24.3 Å². The lowest BCUT2D eigenvalue weighted by Gasteiger charge is -2.20. The Morgan fingerprint density at radius 3 is 3.00 bits per heavy atom. The lowest BCUT2D eigenvalue weighted by Crippen LogP contribution is -2.24. The maximum Gasteiger partial charge on any atom is 0.351 e. The molecule has 1 saturated carbocycles. The largest absolute Gasteiger partial charge is 0.465 e. The average molecular weight is 329 g/mol. The van der Waals surface area contributed by atoms with Crippen LogP contribution in [0.5, 0.6) is 0 Å². The van der Waals surface area contributed by atoms with E-state index < -0.39 is 5.97 Å². The number of aromatic nitrogens is 1. The molecule has 2 aromatic rings. The molecule has 106 valence electrons. The summed E-state index contributed by atoms with van der Waals surface area (Å²) >= 11 is 9.07. The molecule has 0 atom stereocenters. The van der Waals surface area contributed by atoms with Crippen LogP contribution in [-0.2, 0) is 11.3 Å². The Morgan fingerprint density at radius 1 is 1.60 bits per heavy atom. The van der Waals surface area contributed by atoms with Crippen molar-refractivity contribution in [2.24, 2.45) is 0 Å². The van der Waals surface area contributed by atoms with Gasteiger partial charge in [0.05, 0.1) is 13.7 Å². The van der Waals surface area contributed by atoms with Crippen LogP contribution >= 0.6 is 34.3 Å². The standard InChI is InChI=1S/C13H13ClN2O2S2/c1-18-12(17)10-11(14)15-13(20-10)16(8-4-5-8)7-9-3-2-6-19-9/h2-3,6,8H,4-5,7H2,1H3. The van der Waals surface area contributed by atoms with E-state index in [0.717, 1.165) is 24.5 Å². The zero-order valence-corrected chi connectivity index (χ0v) is 13.2. The quantitative estimate of drug-likeness (QED) is 0.783. The number of ether oxygens (including phenoxy) is 1. The zero-order valence-electron chi connectivity index (χ0n) is 10.8. The highest BCUT2D eigenvalue weighted by atomic mass is 35.5. The predicted molar refractivity (Wildman–Crippen MR) is 82.0 cm³/mol. The molecule has 4 nitrogen and oxygen atoms in total. The van der Waals surface area contributed by atoms with Gasteiger partial charge in [-0.3, -0.25) is 0 Å². The summed E-state index contributed by atoms with van der Waals surface area (Å²) in [6.07, 6.45) is 2.33. The third kappa shape index (κ3) is 2.82. The van der Waals surface area contributed by atoms with E-state index in [1.165, 1.54) is 23.3 Å². The smallest absolute Gasteiger partial charge is 0.351 e. The second-order valence-corrected chi connectivity index (χ2v) is 6.91. The molecule has 0 aliphatic heterocycles. The number of thiazole rings is 1. The lowest BCUT2D eigenvalue weighted by molar-refractivity contribution is 0.0606. The lowest BCUT2D eigenvalue weighted by atomic mass is 10.4. The molecular weight excluding hydrogens is 316 g/mol. The molecule has 1 aliphatic carbocycles. The molecule has 2 aromatic heterocycles. The Balaban J connectivity index is 1.86. The molecule has 1 fully saturated rings. The van der Waals surface area contributed by atoms with Crippen molar-refractivity contribution in [1.82, 2.24) is 4.98 Å². The maximum absolute atomic E-state index is 11.6. The van der Waals surface area contributed by atoms with E-state index in [2.05, 4.69) is 21.3 Å². The summed E-state index contributed by atoms with van der Waals surface area (Å²) in [6, 6.07) is 4.65. The van der Waals surface area contributed by atoms with E-state index in [1.54, 1.807) is 11.3 Å². The second kappa shape index (κ2) is 5.71. The second-order valence-electron chi connectivity index (χ2n) is 4.55. The fourth-order valence-corrected chi connectivity index (χ4v) is 3.91. The fraction of sp³-hybridized carbons (Fsp3) is 0.385. The Hall–Kier alpha value is -1.11. The average Bonchev–Trinajstić information content (AvgIpc) is 3.01. The Bertz CT molecular complexity index is 608. The molecule has 0 unspecified atom stereocenters. The van der Waals surface area contributed by atoms with E-state index in [9.17, 15) is 4.79 Å². The summed E-state index contributed by atoms with van der Waals surface area (Å²) in [5.41, 5.74) is 0. The van der Waals surface area contributed by atoms with Crippen LogP contribution in [0.1, 0.15) is 27.4 Å². The monoisotopic (exact) mass is 328 g/mol. The topological polar surface area (TPSA) is 42.4 Å². The number of thiophene rings is 1. The van der Waals surface area contributed by atoms with Gasteiger partial charge >= 0.3 is 5.97 Å². The third-order valence-electron chi connectivity index (χ3n) is 3.08. The Labute approximate surface area is 130 Å². The molecule has 0 radical (unpaired) electrons. The normalized spacial score (nSPS) is 14.3. The van der Waals surface area contributed by atoms with Gasteiger partial charge in [-0.25, -0.2) is 9.78 Å². The molecule has 1 aliphatic rings. The maximum atomic E-state index is 11.6. The fourth-order valence-electron chi connectivity index (χ4n) is 1.94. The van der Waals surface area contributed by atoms with Crippen molar-refractivity contribution < 1.29 is 9.53 Å². The van der Waals surface area contributed by atoms with Gasteiger partial charge in [-0.2, -0.15) is 0 Å². The number of methoxy groups -OCH3 is 1. The molecule has 20 heavy (non-hydrogen) atoms. The predicted octanol–water partition coefficient (Wildman–Crippen LogP) is 3.81. The van der Waals surface area contributed by atoms with Crippen LogP contribution in [0.2, 0.25) is 5.15 Å². The Morgan fingerprint density at radius 2 is 2.40 bits per heavy atom. The highest BCUT2D eigenvalue weighted by Gasteiger charge is 2.32. The van der Waals surface area contributed by atoms with E-state index in [1.807, 2.05) is 6.07 Å². The van der Waals surface area contributed by atoms with Gasteiger partial charge in [0.2, 0.25) is 0 Å². The summed E-state index contributed by atoms with van der Waals surface area (Å²) < 4.78 is 4.72. The number of halogens is 1. The number of hydrogen-bond donors (Lipinski definition) is 0. The number of anilines is 1. The van der Waals surface area contributed by atoms with Crippen molar-refractivity contribution in [1.29, 1.82) is 0 Å². The number of carbonyl (C=O) groups is 1. The summed E-state index contributed by atoms with van der Waals surface area (Å²) in [4.78, 5) is 19.8. The third-order valence-corrected chi connectivity index (χ3v) is 5.40. The first-order valence-electron chi connectivity index (χ1n) is 6.22. The van der Waals surface area contributed by atoms with Gasteiger partial charge in [0, 0.05) is 10.9 Å². The van der Waals surface area contributed by atoms with Crippen molar-refractivity contribution in [3.8, 4) is 0 Å². The van der Waals surface area contributed by atoms with Gasteiger partial charge in [0.1, 0.15) is 0 Å². The SMILES string of the molecule is COC(=O)c1sc(N(Cc2cccs2)C2CC2)nc1Cl. The first kappa shape index (κ1) is 13.9. The van der Waals surface area contributed by atoms with E-state index in [0.29, 0.717) is 10.9 Å². The molecule has 7 heteroatoms. The molecule has 0 saturated heterocycles. The minimum atomic E-state index is -0.425. The number of nitrogens with zero attached hydrogens (tertiary/aromatic N) is 2. The summed E-state index contributed by atoms with van der Waals surface area (Å²) in [5, 5.41) is 3.09. The van der Waals surface area contributed by atoms with Crippen LogP contribution in [0.15, 0.2) is 17.5 Å².